The normalized spacial score (nSPS) is 19.2. The van der Waals surface area contributed by atoms with Crippen LogP contribution in [0.5, 0.6) is 5.75 Å². The Bertz CT molecular complexity index is 443. The number of benzene rings is 1. The highest BCUT2D eigenvalue weighted by Crippen LogP contribution is 2.37. The van der Waals surface area contributed by atoms with Gasteiger partial charge in [0, 0.05) is 6.04 Å². The Kier molecular flexibility index (Phi) is 2.65. The summed E-state index contributed by atoms with van der Waals surface area (Å²) in [5, 5.41) is 13.2. The van der Waals surface area contributed by atoms with Crippen molar-refractivity contribution in [3.05, 3.63) is 29.3 Å². The molecule has 0 saturated heterocycles. The zero-order valence-electron chi connectivity index (χ0n) is 9.75. The number of hydrogen-bond donors (Lipinski definition) is 2. The Labute approximate surface area is 96.7 Å². The van der Waals surface area contributed by atoms with Gasteiger partial charge in [0.25, 0.3) is 0 Å². The van der Waals surface area contributed by atoms with E-state index in [1.807, 2.05) is 19.9 Å². The number of terminal acetylenes is 1. The van der Waals surface area contributed by atoms with Gasteiger partial charge in [0.1, 0.15) is 5.75 Å². The summed E-state index contributed by atoms with van der Waals surface area (Å²) >= 11 is 0. The first-order chi connectivity index (χ1) is 7.53. The van der Waals surface area contributed by atoms with Gasteiger partial charge in [-0.25, -0.2) is 0 Å². The van der Waals surface area contributed by atoms with E-state index < -0.39 is 0 Å². The van der Waals surface area contributed by atoms with Gasteiger partial charge in [-0.05, 0) is 43.9 Å². The molecule has 1 atom stereocenters. The molecule has 0 radical (unpaired) electrons. The molecule has 0 bridgehead atoms. The topological polar surface area (TPSA) is 32.3 Å². The average Bonchev–Trinajstić information content (AvgIpc) is 2.63. The van der Waals surface area contributed by atoms with Crippen LogP contribution >= 0.6 is 0 Å². The molecular weight excluding hydrogens is 198 g/mol. The van der Waals surface area contributed by atoms with Gasteiger partial charge in [0.2, 0.25) is 0 Å². The van der Waals surface area contributed by atoms with Crippen molar-refractivity contribution in [1.29, 1.82) is 0 Å². The third kappa shape index (κ3) is 1.91. The maximum absolute atomic E-state index is 9.74. The first kappa shape index (κ1) is 11.0. The molecule has 1 aliphatic carbocycles. The lowest BCUT2D eigenvalue weighted by atomic mass is 10.0. The van der Waals surface area contributed by atoms with Crippen LogP contribution in [-0.2, 0) is 6.42 Å². The molecule has 0 amide bonds. The second-order valence-electron chi connectivity index (χ2n) is 4.85. The van der Waals surface area contributed by atoms with Crippen molar-refractivity contribution in [3.8, 4) is 18.1 Å². The molecule has 84 valence electrons. The second-order valence-corrected chi connectivity index (χ2v) is 4.85. The summed E-state index contributed by atoms with van der Waals surface area (Å²) in [5.41, 5.74) is 1.94. The van der Waals surface area contributed by atoms with Crippen LogP contribution in [0.2, 0.25) is 0 Å². The summed E-state index contributed by atoms with van der Waals surface area (Å²) < 4.78 is 0. The third-order valence-electron chi connectivity index (χ3n) is 3.14. The number of fused-ring (bicyclic) bond motifs is 1. The van der Waals surface area contributed by atoms with Gasteiger partial charge in [-0.3, -0.25) is 5.32 Å². The predicted molar refractivity (Wildman–Crippen MR) is 65.2 cm³/mol. The van der Waals surface area contributed by atoms with Crippen molar-refractivity contribution in [2.75, 3.05) is 0 Å². The van der Waals surface area contributed by atoms with Crippen LogP contribution in [0.1, 0.15) is 37.4 Å². The fraction of sp³-hybridized carbons (Fsp3) is 0.429. The molecule has 0 fully saturated rings. The van der Waals surface area contributed by atoms with E-state index in [-0.39, 0.29) is 11.6 Å². The molecule has 0 aromatic heterocycles. The standard InChI is InChI=1S/C14H17NO/c1-4-14(2,3)15-12-9-8-11-10(12)6-5-7-13(11)16/h1,5-7,12,15-16H,8-9H2,2-3H3. The van der Waals surface area contributed by atoms with Gasteiger partial charge in [0.05, 0.1) is 5.54 Å². The van der Waals surface area contributed by atoms with Gasteiger partial charge < -0.3 is 5.11 Å². The molecule has 2 heteroatoms. The minimum Gasteiger partial charge on any atom is -0.508 e. The van der Waals surface area contributed by atoms with E-state index in [1.54, 1.807) is 6.07 Å². The molecule has 0 saturated carbocycles. The smallest absolute Gasteiger partial charge is 0.119 e. The van der Waals surface area contributed by atoms with Gasteiger partial charge in [-0.15, -0.1) is 6.42 Å². The van der Waals surface area contributed by atoms with Crippen LogP contribution in [0.4, 0.5) is 0 Å². The predicted octanol–water partition coefficient (Wildman–Crippen LogP) is 2.38. The summed E-state index contributed by atoms with van der Waals surface area (Å²) in [6.07, 6.45) is 7.39. The lowest BCUT2D eigenvalue weighted by molar-refractivity contribution is 0.410. The SMILES string of the molecule is C#CC(C)(C)NC1CCc2c(O)cccc21. The minimum absolute atomic E-state index is 0.258. The Morgan fingerprint density at radius 2 is 2.25 bits per heavy atom. The highest BCUT2D eigenvalue weighted by molar-refractivity contribution is 5.44. The van der Waals surface area contributed by atoms with Crippen molar-refractivity contribution in [1.82, 2.24) is 5.32 Å². The van der Waals surface area contributed by atoms with Crippen LogP contribution in [0.15, 0.2) is 18.2 Å². The van der Waals surface area contributed by atoms with Crippen LogP contribution in [0, 0.1) is 12.3 Å². The molecule has 0 heterocycles. The molecule has 1 unspecified atom stereocenters. The van der Waals surface area contributed by atoms with E-state index in [2.05, 4.69) is 17.3 Å². The maximum Gasteiger partial charge on any atom is 0.119 e. The van der Waals surface area contributed by atoms with Gasteiger partial charge in [-0.1, -0.05) is 18.1 Å². The maximum atomic E-state index is 9.74. The van der Waals surface area contributed by atoms with Crippen LogP contribution in [0.3, 0.4) is 0 Å². The average molecular weight is 215 g/mol. The zero-order chi connectivity index (χ0) is 11.8. The quantitative estimate of drug-likeness (QED) is 0.742. The van der Waals surface area contributed by atoms with Gasteiger partial charge in [0.15, 0.2) is 0 Å². The summed E-state index contributed by atoms with van der Waals surface area (Å²) in [4.78, 5) is 0. The number of nitrogens with one attached hydrogen (secondary N) is 1. The fourth-order valence-corrected chi connectivity index (χ4v) is 2.26. The van der Waals surface area contributed by atoms with E-state index in [0.29, 0.717) is 5.75 Å². The molecule has 16 heavy (non-hydrogen) atoms. The summed E-state index contributed by atoms with van der Waals surface area (Å²) in [6.45, 7) is 3.99. The number of aromatic hydroxyl groups is 1. The molecule has 1 aromatic rings. The number of phenolic OH excluding ortho intramolecular Hbond substituents is 1. The summed E-state index contributed by atoms with van der Waals surface area (Å²) in [7, 11) is 0. The largest absolute Gasteiger partial charge is 0.508 e. The van der Waals surface area contributed by atoms with E-state index in [9.17, 15) is 5.11 Å². The Balaban J connectivity index is 2.25. The van der Waals surface area contributed by atoms with Crippen molar-refractivity contribution >= 4 is 0 Å². The number of hydrogen-bond acceptors (Lipinski definition) is 2. The van der Waals surface area contributed by atoms with Crippen LogP contribution in [0.25, 0.3) is 0 Å². The third-order valence-corrected chi connectivity index (χ3v) is 3.14. The highest BCUT2D eigenvalue weighted by Gasteiger charge is 2.28. The molecule has 1 aliphatic rings. The van der Waals surface area contributed by atoms with Gasteiger partial charge in [-0.2, -0.15) is 0 Å². The summed E-state index contributed by atoms with van der Waals surface area (Å²) in [5.74, 6) is 3.14. The van der Waals surface area contributed by atoms with E-state index >= 15 is 0 Å². The molecule has 2 N–H and O–H groups in total. The molecule has 0 spiro atoms. The van der Waals surface area contributed by atoms with Gasteiger partial charge >= 0.3 is 0 Å². The van der Waals surface area contributed by atoms with Crippen molar-refractivity contribution in [2.24, 2.45) is 0 Å². The number of phenols is 1. The minimum atomic E-state index is -0.308. The van der Waals surface area contributed by atoms with E-state index in [4.69, 9.17) is 6.42 Å². The first-order valence-corrected chi connectivity index (χ1v) is 5.60. The highest BCUT2D eigenvalue weighted by atomic mass is 16.3. The molecule has 1 aromatic carbocycles. The van der Waals surface area contributed by atoms with E-state index in [0.717, 1.165) is 18.4 Å². The number of rotatable bonds is 2. The molecule has 2 nitrogen and oxygen atoms in total. The van der Waals surface area contributed by atoms with Crippen LogP contribution < -0.4 is 5.32 Å². The fourth-order valence-electron chi connectivity index (χ4n) is 2.26. The Morgan fingerprint density at radius 1 is 1.50 bits per heavy atom. The Hall–Kier alpha value is -1.46. The van der Waals surface area contributed by atoms with Crippen molar-refractivity contribution in [2.45, 2.75) is 38.3 Å². The lowest BCUT2D eigenvalue weighted by Crippen LogP contribution is -2.39. The molecule has 2 rings (SSSR count). The Morgan fingerprint density at radius 3 is 2.94 bits per heavy atom. The lowest BCUT2D eigenvalue weighted by Gasteiger charge is -2.25. The van der Waals surface area contributed by atoms with Crippen LogP contribution in [-0.4, -0.2) is 10.6 Å². The first-order valence-electron chi connectivity index (χ1n) is 5.60. The van der Waals surface area contributed by atoms with Crippen molar-refractivity contribution in [3.63, 3.8) is 0 Å². The second kappa shape index (κ2) is 3.84. The summed E-state index contributed by atoms with van der Waals surface area (Å²) in [6, 6.07) is 5.95. The zero-order valence-corrected chi connectivity index (χ0v) is 9.75. The van der Waals surface area contributed by atoms with E-state index in [1.165, 1.54) is 5.56 Å². The monoisotopic (exact) mass is 215 g/mol. The molecule has 0 aliphatic heterocycles. The van der Waals surface area contributed by atoms with Crippen molar-refractivity contribution < 1.29 is 5.11 Å². The molecular formula is C14H17NO.